The highest BCUT2D eigenvalue weighted by Crippen LogP contribution is 2.38. The molecule has 0 heterocycles. The van der Waals surface area contributed by atoms with Crippen molar-refractivity contribution in [3.63, 3.8) is 0 Å². The number of unbranched alkanes of at least 4 members (excludes halogenated alkanes) is 38. The highest BCUT2D eigenvalue weighted by Gasteiger charge is 2.27. The van der Waals surface area contributed by atoms with Gasteiger partial charge in [0, 0.05) is 12.8 Å². The van der Waals surface area contributed by atoms with Crippen molar-refractivity contribution in [2.24, 2.45) is 0 Å². The molecule has 0 aromatic rings. The van der Waals surface area contributed by atoms with Gasteiger partial charge in [-0.1, -0.05) is 299 Å². The lowest BCUT2D eigenvalue weighted by Gasteiger charge is -2.30. The Kier molecular flexibility index (Phi) is 63.0. The molecule has 1 amide bonds. The molecule has 0 radical (unpaired) electrons. The second-order valence-electron chi connectivity index (χ2n) is 25.7. The molecule has 86 heavy (non-hydrogen) atoms. The number of nitrogens with zero attached hydrogens (tertiary/aromatic N) is 1. The third kappa shape index (κ3) is 65.6. The summed E-state index contributed by atoms with van der Waals surface area (Å²) in [5.41, 5.74) is 0. The minimum atomic E-state index is -4.71. The van der Waals surface area contributed by atoms with Gasteiger partial charge in [0.2, 0.25) is 5.91 Å². The second kappa shape index (κ2) is 65.2. The number of hydrogen-bond acceptors (Lipinski definition) is 7. The zero-order chi connectivity index (χ0) is 62.8. The molecule has 0 aliphatic carbocycles. The van der Waals surface area contributed by atoms with Gasteiger partial charge in [-0.3, -0.25) is 14.2 Å². The average Bonchev–Trinajstić information content (AvgIpc) is 3.67. The van der Waals surface area contributed by atoms with Crippen molar-refractivity contribution in [1.29, 1.82) is 0 Å². The molecule has 10 heteroatoms. The van der Waals surface area contributed by atoms with Crippen LogP contribution in [-0.4, -0.2) is 69.4 Å². The number of phosphoric acid groups is 1. The van der Waals surface area contributed by atoms with Gasteiger partial charge in [0.05, 0.1) is 33.8 Å². The SMILES string of the molecule is CCCCC/C=C\C/C=C\C/C=C\C/C=C\CCCCCCCCCCCCCC(=O)NC(COP(=O)([O-])OCC[N+](C)(C)C)C(/C=C\CCCCCCCCCCCC)OC(=O)CCCCCCCCCCCCC/C=C\C/C=C\CCCCC. The predicted octanol–water partition coefficient (Wildman–Crippen LogP) is 22.7. The molecule has 3 unspecified atom stereocenters. The van der Waals surface area contributed by atoms with Crippen molar-refractivity contribution in [2.45, 2.75) is 348 Å². The Morgan fingerprint density at radius 1 is 0.407 bits per heavy atom. The topological polar surface area (TPSA) is 114 Å². The molecule has 0 aromatic heterocycles. The highest BCUT2D eigenvalue weighted by atomic mass is 31.2. The zero-order valence-electron chi connectivity index (χ0n) is 57.3. The maximum atomic E-state index is 13.6. The molecule has 9 nitrogen and oxygen atoms in total. The fourth-order valence-corrected chi connectivity index (χ4v) is 11.1. The number of quaternary nitrogens is 1. The first kappa shape index (κ1) is 83.2. The van der Waals surface area contributed by atoms with Crippen LogP contribution in [0.15, 0.2) is 85.1 Å². The molecular formula is C76H139N2O7P. The first-order valence-electron chi connectivity index (χ1n) is 36.4. The van der Waals surface area contributed by atoms with Crippen LogP contribution in [0.25, 0.3) is 0 Å². The number of phosphoric ester groups is 1. The Bertz CT molecular complexity index is 1750. The molecule has 0 saturated heterocycles. The normalized spacial score (nSPS) is 14.0. The number of carbonyl (C=O) groups excluding carboxylic acids is 2. The van der Waals surface area contributed by atoms with Crippen LogP contribution in [0.5, 0.6) is 0 Å². The molecule has 0 saturated carbocycles. The summed E-state index contributed by atoms with van der Waals surface area (Å²) < 4.78 is 30.5. The quantitative estimate of drug-likeness (QED) is 0.0212. The van der Waals surface area contributed by atoms with Crippen molar-refractivity contribution in [3.05, 3.63) is 85.1 Å². The minimum Gasteiger partial charge on any atom is -0.756 e. The Balaban J connectivity index is 5.04. The standard InChI is InChI=1S/C76H139N2O7P/c1-7-10-13-16-19-22-25-28-30-32-34-36-37-38-39-40-41-43-44-46-48-50-53-56-59-62-65-68-75(79)77-73(72-84-86(81,82)83-71-70-78(4,5)6)74(67-64-61-58-55-52-27-24-21-18-15-12-9-3)85-76(80)69-66-63-60-57-54-51-49-47-45-42-35-33-31-29-26-23-20-17-14-11-8-2/h19-20,22-23,28-31,34,36,38-39,64,67,73-74H,7-18,21,24-27,32-33,35,37,40-63,65-66,68-72H2,1-6H3,(H-,77,79,81,82)/b22-19-,23-20-,30-28-,31-29-,36-34-,39-38-,67-64-. The van der Waals surface area contributed by atoms with Gasteiger partial charge in [0.1, 0.15) is 19.3 Å². The van der Waals surface area contributed by atoms with Crippen LogP contribution in [0.3, 0.4) is 0 Å². The van der Waals surface area contributed by atoms with Gasteiger partial charge in [-0.2, -0.15) is 0 Å². The van der Waals surface area contributed by atoms with E-state index >= 15 is 0 Å². The smallest absolute Gasteiger partial charge is 0.306 e. The van der Waals surface area contributed by atoms with E-state index in [4.69, 9.17) is 13.8 Å². The summed E-state index contributed by atoms with van der Waals surface area (Å²) in [6, 6.07) is -0.895. The molecule has 0 spiro atoms. The van der Waals surface area contributed by atoms with Gasteiger partial charge in [-0.15, -0.1) is 0 Å². The van der Waals surface area contributed by atoms with E-state index in [0.29, 0.717) is 17.4 Å². The van der Waals surface area contributed by atoms with Gasteiger partial charge < -0.3 is 28.5 Å². The third-order valence-corrected chi connectivity index (χ3v) is 17.0. The van der Waals surface area contributed by atoms with Crippen molar-refractivity contribution in [3.8, 4) is 0 Å². The van der Waals surface area contributed by atoms with E-state index in [0.717, 1.165) is 89.9 Å². The minimum absolute atomic E-state index is 0.0252. The second-order valence-corrected chi connectivity index (χ2v) is 27.1. The number of ether oxygens (including phenoxy) is 1. The van der Waals surface area contributed by atoms with Crippen LogP contribution >= 0.6 is 7.82 Å². The fraction of sp³-hybridized carbons (Fsp3) is 0.789. The molecule has 0 aliphatic rings. The van der Waals surface area contributed by atoms with Crippen LogP contribution in [-0.2, 0) is 27.9 Å². The Labute approximate surface area is 533 Å². The number of hydrogen-bond donors (Lipinski definition) is 1. The Morgan fingerprint density at radius 3 is 1.08 bits per heavy atom. The lowest BCUT2D eigenvalue weighted by atomic mass is 10.0. The van der Waals surface area contributed by atoms with Crippen LogP contribution in [0, 0.1) is 0 Å². The van der Waals surface area contributed by atoms with E-state index < -0.39 is 26.6 Å². The predicted molar refractivity (Wildman–Crippen MR) is 371 cm³/mol. The maximum Gasteiger partial charge on any atom is 0.306 e. The summed E-state index contributed by atoms with van der Waals surface area (Å²) in [6.45, 7) is 6.82. The van der Waals surface area contributed by atoms with Crippen LogP contribution in [0.2, 0.25) is 0 Å². The number of carbonyl (C=O) groups is 2. The lowest BCUT2D eigenvalue weighted by Crippen LogP contribution is -2.47. The largest absolute Gasteiger partial charge is 0.756 e. The first-order valence-corrected chi connectivity index (χ1v) is 37.9. The van der Waals surface area contributed by atoms with Crippen LogP contribution < -0.4 is 10.2 Å². The number of allylic oxidation sites excluding steroid dienone is 13. The van der Waals surface area contributed by atoms with E-state index in [1.54, 1.807) is 0 Å². The molecule has 500 valence electrons. The molecule has 0 bridgehead atoms. The number of likely N-dealkylation sites (N-methyl/N-ethyl adjacent to an activating group) is 1. The number of rotatable bonds is 66. The van der Waals surface area contributed by atoms with Gasteiger partial charge in [-0.05, 0) is 109 Å². The molecule has 0 rings (SSSR count). The van der Waals surface area contributed by atoms with Gasteiger partial charge in [0.15, 0.2) is 0 Å². The monoisotopic (exact) mass is 1220 g/mol. The number of nitrogens with one attached hydrogen (secondary N) is 1. The Hall–Kier alpha value is -2.81. The number of esters is 1. The summed E-state index contributed by atoms with van der Waals surface area (Å²) in [7, 11) is 1.18. The summed E-state index contributed by atoms with van der Waals surface area (Å²) in [6.07, 6.45) is 87.0. The van der Waals surface area contributed by atoms with E-state index in [1.165, 1.54) is 212 Å². The maximum absolute atomic E-state index is 13.6. The van der Waals surface area contributed by atoms with Crippen molar-refractivity contribution >= 4 is 19.7 Å². The van der Waals surface area contributed by atoms with Crippen LogP contribution in [0.4, 0.5) is 0 Å². The summed E-state index contributed by atoms with van der Waals surface area (Å²) in [5.74, 6) is -0.539. The van der Waals surface area contributed by atoms with Crippen LogP contribution in [0.1, 0.15) is 335 Å². The Morgan fingerprint density at radius 2 is 0.709 bits per heavy atom. The first-order chi connectivity index (χ1) is 41.9. The fourth-order valence-electron chi connectivity index (χ4n) is 10.4. The zero-order valence-corrected chi connectivity index (χ0v) is 58.2. The molecule has 0 aliphatic heterocycles. The molecular weight excluding hydrogens is 1080 g/mol. The van der Waals surface area contributed by atoms with Crippen molar-refractivity contribution in [1.82, 2.24) is 5.32 Å². The molecule has 3 atom stereocenters. The summed E-state index contributed by atoms with van der Waals surface area (Å²) in [4.78, 5) is 40.2. The van der Waals surface area contributed by atoms with Crippen molar-refractivity contribution in [2.75, 3.05) is 40.9 Å². The van der Waals surface area contributed by atoms with Gasteiger partial charge >= 0.3 is 5.97 Å². The number of amides is 1. The van der Waals surface area contributed by atoms with E-state index in [-0.39, 0.29) is 24.9 Å². The van der Waals surface area contributed by atoms with Gasteiger partial charge in [0.25, 0.3) is 7.82 Å². The highest BCUT2D eigenvalue weighted by molar-refractivity contribution is 7.45. The summed E-state index contributed by atoms with van der Waals surface area (Å²) in [5, 5.41) is 3.04. The molecule has 0 fully saturated rings. The van der Waals surface area contributed by atoms with E-state index in [9.17, 15) is 19.0 Å². The van der Waals surface area contributed by atoms with E-state index in [2.05, 4.69) is 99.0 Å². The molecule has 0 aromatic carbocycles. The van der Waals surface area contributed by atoms with E-state index in [1.807, 2.05) is 33.3 Å². The summed E-state index contributed by atoms with van der Waals surface area (Å²) >= 11 is 0. The van der Waals surface area contributed by atoms with Crippen molar-refractivity contribution < 1.29 is 37.3 Å². The molecule has 1 N–H and O–H groups in total. The third-order valence-electron chi connectivity index (χ3n) is 16.0. The average molecular weight is 1220 g/mol. The lowest BCUT2D eigenvalue weighted by molar-refractivity contribution is -0.870. The van der Waals surface area contributed by atoms with Gasteiger partial charge in [-0.25, -0.2) is 0 Å².